The number of aromatic amines is 1. The fraction of sp³-hybridized carbons (Fsp3) is 0.200. The van der Waals surface area contributed by atoms with Crippen LogP contribution in [0.5, 0.6) is 5.75 Å². The first kappa shape index (κ1) is 30.4. The number of carbonyl (C=O) groups is 2. The van der Waals surface area contributed by atoms with E-state index < -0.39 is 23.4 Å². The highest BCUT2D eigenvalue weighted by Crippen LogP contribution is 2.21. The van der Waals surface area contributed by atoms with Crippen molar-refractivity contribution in [2.45, 2.75) is 26.4 Å². The molecular formula is C35H32F3N3O3. The van der Waals surface area contributed by atoms with Crippen LogP contribution >= 0.6 is 0 Å². The van der Waals surface area contributed by atoms with E-state index in [1.54, 1.807) is 4.90 Å². The second-order valence-electron chi connectivity index (χ2n) is 10.4. The number of fused-ring (bicyclic) bond motifs is 1. The van der Waals surface area contributed by atoms with E-state index in [-0.39, 0.29) is 31.1 Å². The molecule has 0 unspecified atom stereocenters. The van der Waals surface area contributed by atoms with Gasteiger partial charge in [-0.1, -0.05) is 42.5 Å². The summed E-state index contributed by atoms with van der Waals surface area (Å²) in [4.78, 5) is 33.6. The summed E-state index contributed by atoms with van der Waals surface area (Å²) in [6.45, 7) is 2.57. The first-order chi connectivity index (χ1) is 21.3. The number of amides is 2. The Kier molecular flexibility index (Phi) is 9.64. The molecule has 9 heteroatoms. The molecule has 2 amide bonds. The molecule has 0 aliphatic heterocycles. The molecule has 0 spiro atoms. The number of nitrogens with zero attached hydrogens (tertiary/aromatic N) is 2. The number of halogens is 3. The number of ether oxygens (including phenoxy) is 1. The molecule has 5 rings (SSSR count). The van der Waals surface area contributed by atoms with Crippen LogP contribution in [0.25, 0.3) is 10.9 Å². The van der Waals surface area contributed by atoms with Crippen LogP contribution in [0, 0.1) is 17.5 Å². The maximum Gasteiger partial charge on any atom is 0.257 e. The average Bonchev–Trinajstić information content (AvgIpc) is 3.43. The van der Waals surface area contributed by atoms with Crippen molar-refractivity contribution in [3.05, 3.63) is 137 Å². The van der Waals surface area contributed by atoms with Gasteiger partial charge < -0.3 is 19.5 Å². The van der Waals surface area contributed by atoms with Crippen LogP contribution in [0.1, 0.15) is 34.0 Å². The van der Waals surface area contributed by atoms with E-state index in [9.17, 15) is 22.8 Å². The smallest absolute Gasteiger partial charge is 0.257 e. The molecule has 0 bridgehead atoms. The molecule has 1 heterocycles. The van der Waals surface area contributed by atoms with Crippen molar-refractivity contribution in [3.8, 4) is 5.75 Å². The number of H-pyrrole nitrogens is 1. The summed E-state index contributed by atoms with van der Waals surface area (Å²) in [6, 6.07) is 23.5. The summed E-state index contributed by atoms with van der Waals surface area (Å²) >= 11 is 0. The Bertz CT molecular complexity index is 1740. The number of nitrogens with one attached hydrogen (secondary N) is 1. The first-order valence-electron chi connectivity index (χ1n) is 14.3. The van der Waals surface area contributed by atoms with Crippen molar-refractivity contribution < 1.29 is 27.5 Å². The lowest BCUT2D eigenvalue weighted by Gasteiger charge is -2.28. The van der Waals surface area contributed by atoms with Crippen molar-refractivity contribution in [2.24, 2.45) is 0 Å². The second-order valence-corrected chi connectivity index (χ2v) is 10.4. The lowest BCUT2D eigenvalue weighted by molar-refractivity contribution is -0.132. The maximum atomic E-state index is 14.7. The van der Waals surface area contributed by atoms with E-state index in [2.05, 4.69) is 4.98 Å². The van der Waals surface area contributed by atoms with Crippen LogP contribution < -0.4 is 4.74 Å². The fourth-order valence-corrected chi connectivity index (χ4v) is 5.07. The Morgan fingerprint density at radius 1 is 0.795 bits per heavy atom. The van der Waals surface area contributed by atoms with E-state index in [1.807, 2.05) is 61.7 Å². The van der Waals surface area contributed by atoms with Gasteiger partial charge in [-0.05, 0) is 72.5 Å². The van der Waals surface area contributed by atoms with Gasteiger partial charge in [-0.25, -0.2) is 13.2 Å². The Balaban J connectivity index is 1.42. The molecule has 6 nitrogen and oxygen atoms in total. The Labute approximate surface area is 253 Å². The third-order valence-corrected chi connectivity index (χ3v) is 7.35. The summed E-state index contributed by atoms with van der Waals surface area (Å²) in [7, 11) is 0. The van der Waals surface area contributed by atoms with E-state index in [0.717, 1.165) is 34.2 Å². The SMILES string of the molecule is CCOc1ccc(CN(CCc2c[nH]c3ccccc23)C(=O)CN(Cc2ccc(F)cc2)C(=O)c2ccc(F)cc2F)cc1. The quantitative estimate of drug-likeness (QED) is 0.170. The summed E-state index contributed by atoms with van der Waals surface area (Å²) in [5, 5.41) is 1.06. The largest absolute Gasteiger partial charge is 0.494 e. The number of para-hydroxylation sites is 1. The van der Waals surface area contributed by atoms with Crippen molar-refractivity contribution in [3.63, 3.8) is 0 Å². The number of aromatic nitrogens is 1. The normalized spacial score (nSPS) is 11.0. The maximum absolute atomic E-state index is 14.7. The number of benzene rings is 4. The molecule has 0 saturated heterocycles. The fourth-order valence-electron chi connectivity index (χ4n) is 5.07. The van der Waals surface area contributed by atoms with Crippen molar-refractivity contribution in [2.75, 3.05) is 19.7 Å². The van der Waals surface area contributed by atoms with Gasteiger partial charge in [0.1, 0.15) is 29.7 Å². The summed E-state index contributed by atoms with van der Waals surface area (Å²) in [5.41, 5.74) is 3.08. The van der Waals surface area contributed by atoms with Crippen LogP contribution in [-0.4, -0.2) is 46.3 Å². The van der Waals surface area contributed by atoms with Crippen LogP contribution in [0.3, 0.4) is 0 Å². The molecule has 0 atom stereocenters. The molecule has 44 heavy (non-hydrogen) atoms. The molecule has 0 fully saturated rings. The lowest BCUT2D eigenvalue weighted by Crippen LogP contribution is -2.43. The van der Waals surface area contributed by atoms with Gasteiger partial charge in [-0.3, -0.25) is 9.59 Å². The van der Waals surface area contributed by atoms with Crippen LogP contribution in [0.4, 0.5) is 13.2 Å². The van der Waals surface area contributed by atoms with E-state index in [1.165, 1.54) is 29.2 Å². The number of hydrogen-bond donors (Lipinski definition) is 1. The molecule has 1 N–H and O–H groups in total. The predicted octanol–water partition coefficient (Wildman–Crippen LogP) is 6.90. The van der Waals surface area contributed by atoms with Crippen LogP contribution in [0.2, 0.25) is 0 Å². The third kappa shape index (κ3) is 7.47. The number of carbonyl (C=O) groups excluding carboxylic acids is 2. The molecule has 226 valence electrons. The highest BCUT2D eigenvalue weighted by molar-refractivity contribution is 5.96. The van der Waals surface area contributed by atoms with Crippen molar-refractivity contribution in [1.29, 1.82) is 0 Å². The van der Waals surface area contributed by atoms with Crippen LogP contribution in [-0.2, 0) is 24.3 Å². The molecule has 1 aromatic heterocycles. The topological polar surface area (TPSA) is 65.6 Å². The van der Waals surface area contributed by atoms with Crippen LogP contribution in [0.15, 0.2) is 97.2 Å². The summed E-state index contributed by atoms with van der Waals surface area (Å²) in [6.07, 6.45) is 2.47. The minimum atomic E-state index is -1.03. The Morgan fingerprint density at radius 2 is 1.45 bits per heavy atom. The summed E-state index contributed by atoms with van der Waals surface area (Å²) < 4.78 is 47.4. The van der Waals surface area contributed by atoms with E-state index in [4.69, 9.17) is 4.74 Å². The monoisotopic (exact) mass is 599 g/mol. The van der Waals surface area contributed by atoms with Gasteiger partial charge in [0.2, 0.25) is 5.91 Å². The van der Waals surface area contributed by atoms with Gasteiger partial charge in [-0.2, -0.15) is 0 Å². The van der Waals surface area contributed by atoms with Gasteiger partial charge in [0, 0.05) is 42.8 Å². The highest BCUT2D eigenvalue weighted by atomic mass is 19.1. The Hall–Kier alpha value is -5.05. The van der Waals surface area contributed by atoms with Gasteiger partial charge in [-0.15, -0.1) is 0 Å². The van der Waals surface area contributed by atoms with Gasteiger partial charge >= 0.3 is 0 Å². The first-order valence-corrected chi connectivity index (χ1v) is 14.3. The number of rotatable bonds is 12. The minimum absolute atomic E-state index is 0.0823. The van der Waals surface area contributed by atoms with Crippen molar-refractivity contribution >= 4 is 22.7 Å². The molecule has 4 aromatic carbocycles. The molecule has 0 aliphatic rings. The highest BCUT2D eigenvalue weighted by Gasteiger charge is 2.25. The zero-order valence-corrected chi connectivity index (χ0v) is 24.2. The third-order valence-electron chi connectivity index (χ3n) is 7.35. The summed E-state index contributed by atoms with van der Waals surface area (Å²) in [5.74, 6) is -2.73. The van der Waals surface area contributed by atoms with E-state index >= 15 is 0 Å². The molecule has 0 saturated carbocycles. The van der Waals surface area contributed by atoms with Gasteiger partial charge in [0.05, 0.1) is 12.2 Å². The Morgan fingerprint density at radius 3 is 2.16 bits per heavy atom. The molecular weight excluding hydrogens is 567 g/mol. The second kappa shape index (κ2) is 13.9. The number of hydrogen-bond acceptors (Lipinski definition) is 3. The molecule has 0 radical (unpaired) electrons. The van der Waals surface area contributed by atoms with Crippen molar-refractivity contribution in [1.82, 2.24) is 14.8 Å². The van der Waals surface area contributed by atoms with Gasteiger partial charge in [0.25, 0.3) is 5.91 Å². The predicted molar refractivity (Wildman–Crippen MR) is 163 cm³/mol. The minimum Gasteiger partial charge on any atom is -0.494 e. The van der Waals surface area contributed by atoms with Gasteiger partial charge in [0.15, 0.2) is 0 Å². The molecule has 0 aliphatic carbocycles. The zero-order valence-electron chi connectivity index (χ0n) is 24.2. The average molecular weight is 600 g/mol. The molecule has 5 aromatic rings. The standard InChI is InChI=1S/C35H32F3N3O3/c1-2-44-29-14-9-25(10-15-29)21-40(18-17-26-20-39-33-6-4-3-5-30(26)33)34(42)23-41(22-24-7-11-27(36)12-8-24)35(43)31-16-13-28(37)19-32(31)38/h3-16,19-20,39H,2,17-18,21-23H2,1H3. The zero-order chi connectivity index (χ0) is 31.1. The lowest BCUT2D eigenvalue weighted by atomic mass is 10.1. The van der Waals surface area contributed by atoms with E-state index in [0.29, 0.717) is 37.0 Å².